The molecule has 1 saturated heterocycles. The molecule has 2 aliphatic rings. The number of likely N-dealkylation sites (tertiary alicyclic amines) is 1. The highest BCUT2D eigenvalue weighted by Gasteiger charge is 2.35. The minimum absolute atomic E-state index is 0.668. The van der Waals surface area contributed by atoms with E-state index in [1.807, 2.05) is 0 Å². The van der Waals surface area contributed by atoms with Crippen molar-refractivity contribution >= 4 is 22.6 Å². The third-order valence-corrected chi connectivity index (χ3v) is 5.29. The van der Waals surface area contributed by atoms with Crippen molar-refractivity contribution in [3.8, 4) is 0 Å². The number of hydrogen-bond acceptors (Lipinski definition) is 1. The highest BCUT2D eigenvalue weighted by molar-refractivity contribution is 14.1. The van der Waals surface area contributed by atoms with Gasteiger partial charge in [0.05, 0.1) is 0 Å². The molecule has 0 aromatic carbocycles. The minimum atomic E-state index is 0.668. The smallest absolute Gasteiger partial charge is 0.0237 e. The van der Waals surface area contributed by atoms with E-state index in [9.17, 15) is 0 Å². The summed E-state index contributed by atoms with van der Waals surface area (Å²) in [6, 6.07) is 0.898. The molecule has 13 heavy (non-hydrogen) atoms. The third kappa shape index (κ3) is 2.38. The fraction of sp³-hybridized carbons (Fsp3) is 1.00. The van der Waals surface area contributed by atoms with Gasteiger partial charge in [-0.1, -0.05) is 35.4 Å². The molecule has 0 N–H and O–H groups in total. The standard InChI is InChI=1S/C11H20IN/c1-13-8-4-5-10(13)9-11(12)6-2-3-7-11/h10H,2-9H2,1H3. The van der Waals surface area contributed by atoms with Crippen LogP contribution in [0.25, 0.3) is 0 Å². The largest absolute Gasteiger partial charge is 0.303 e. The van der Waals surface area contributed by atoms with Gasteiger partial charge in [0.15, 0.2) is 0 Å². The van der Waals surface area contributed by atoms with E-state index in [4.69, 9.17) is 0 Å². The number of nitrogens with zero attached hydrogens (tertiary/aromatic N) is 1. The van der Waals surface area contributed by atoms with E-state index in [0.29, 0.717) is 3.42 Å². The summed E-state index contributed by atoms with van der Waals surface area (Å²) in [5, 5.41) is 0. The first-order valence-corrected chi connectivity index (χ1v) is 6.67. The molecule has 0 amide bonds. The van der Waals surface area contributed by atoms with Gasteiger partial charge in [-0.25, -0.2) is 0 Å². The Labute approximate surface area is 95.4 Å². The minimum Gasteiger partial charge on any atom is -0.303 e. The Morgan fingerprint density at radius 3 is 2.54 bits per heavy atom. The van der Waals surface area contributed by atoms with Crippen LogP contribution in [0.5, 0.6) is 0 Å². The normalized spacial score (nSPS) is 34.2. The second-order valence-electron chi connectivity index (χ2n) is 4.84. The topological polar surface area (TPSA) is 3.24 Å². The van der Waals surface area contributed by atoms with E-state index in [0.717, 1.165) is 6.04 Å². The monoisotopic (exact) mass is 293 g/mol. The van der Waals surface area contributed by atoms with E-state index < -0.39 is 0 Å². The predicted octanol–water partition coefficient (Wildman–Crippen LogP) is 3.22. The van der Waals surface area contributed by atoms with Crippen LogP contribution >= 0.6 is 22.6 Å². The van der Waals surface area contributed by atoms with Gasteiger partial charge in [0.1, 0.15) is 0 Å². The Kier molecular flexibility index (Phi) is 3.18. The zero-order chi connectivity index (χ0) is 9.31. The molecule has 0 aromatic rings. The van der Waals surface area contributed by atoms with Crippen molar-refractivity contribution in [2.75, 3.05) is 13.6 Å². The van der Waals surface area contributed by atoms with Gasteiger partial charge in [-0.2, -0.15) is 0 Å². The second kappa shape index (κ2) is 4.05. The highest BCUT2D eigenvalue weighted by Crippen LogP contribution is 2.43. The maximum absolute atomic E-state index is 2.74. The molecule has 2 fully saturated rings. The fourth-order valence-corrected chi connectivity index (χ4v) is 4.14. The lowest BCUT2D eigenvalue weighted by Gasteiger charge is -2.29. The van der Waals surface area contributed by atoms with Crippen LogP contribution in [0.1, 0.15) is 44.9 Å². The van der Waals surface area contributed by atoms with Gasteiger partial charge < -0.3 is 4.90 Å². The zero-order valence-electron chi connectivity index (χ0n) is 8.56. The summed E-state index contributed by atoms with van der Waals surface area (Å²) in [6.45, 7) is 1.33. The molecule has 1 atom stereocenters. The molecule has 0 bridgehead atoms. The first-order chi connectivity index (χ1) is 6.20. The van der Waals surface area contributed by atoms with Crippen LogP contribution in [0.4, 0.5) is 0 Å². The van der Waals surface area contributed by atoms with Crippen molar-refractivity contribution in [3.63, 3.8) is 0 Å². The van der Waals surface area contributed by atoms with Gasteiger partial charge in [-0.3, -0.25) is 0 Å². The summed E-state index contributed by atoms with van der Waals surface area (Å²) >= 11 is 2.74. The molecule has 1 aliphatic heterocycles. The summed E-state index contributed by atoms with van der Waals surface area (Å²) in [7, 11) is 2.30. The number of alkyl halides is 1. The van der Waals surface area contributed by atoms with Crippen LogP contribution in [-0.2, 0) is 0 Å². The second-order valence-corrected chi connectivity index (χ2v) is 7.13. The van der Waals surface area contributed by atoms with Crippen LogP contribution in [0.3, 0.4) is 0 Å². The van der Waals surface area contributed by atoms with Gasteiger partial charge in [0, 0.05) is 9.46 Å². The zero-order valence-corrected chi connectivity index (χ0v) is 10.7. The average Bonchev–Trinajstić information content (AvgIpc) is 2.64. The van der Waals surface area contributed by atoms with Crippen molar-refractivity contribution in [2.24, 2.45) is 0 Å². The van der Waals surface area contributed by atoms with Crippen molar-refractivity contribution in [1.82, 2.24) is 4.90 Å². The van der Waals surface area contributed by atoms with Crippen molar-refractivity contribution in [1.29, 1.82) is 0 Å². The van der Waals surface area contributed by atoms with E-state index in [1.165, 1.54) is 51.5 Å². The molecule has 0 radical (unpaired) electrons. The Morgan fingerprint density at radius 1 is 1.31 bits per heavy atom. The van der Waals surface area contributed by atoms with Gasteiger partial charge in [0.2, 0.25) is 0 Å². The van der Waals surface area contributed by atoms with Crippen LogP contribution in [0.2, 0.25) is 0 Å². The third-order valence-electron chi connectivity index (χ3n) is 3.77. The lowest BCUT2D eigenvalue weighted by Crippen LogP contribution is -2.32. The van der Waals surface area contributed by atoms with Crippen LogP contribution in [0.15, 0.2) is 0 Å². The van der Waals surface area contributed by atoms with E-state index in [2.05, 4.69) is 34.5 Å². The first-order valence-electron chi connectivity index (χ1n) is 5.59. The molecular formula is C11H20IN. The number of halogens is 1. The molecule has 0 spiro atoms. The van der Waals surface area contributed by atoms with Gasteiger partial charge in [-0.15, -0.1) is 0 Å². The lowest BCUT2D eigenvalue weighted by atomic mass is 9.97. The fourth-order valence-electron chi connectivity index (χ4n) is 2.87. The maximum atomic E-state index is 2.74. The van der Waals surface area contributed by atoms with Crippen LogP contribution < -0.4 is 0 Å². The van der Waals surface area contributed by atoms with Gasteiger partial charge in [-0.05, 0) is 45.7 Å². The summed E-state index contributed by atoms with van der Waals surface area (Å²) < 4.78 is 0.668. The maximum Gasteiger partial charge on any atom is 0.0237 e. The molecule has 2 rings (SSSR count). The number of hydrogen-bond donors (Lipinski definition) is 0. The first kappa shape index (κ1) is 10.2. The summed E-state index contributed by atoms with van der Waals surface area (Å²) in [6.07, 6.45) is 10.2. The summed E-state index contributed by atoms with van der Waals surface area (Å²) in [5.74, 6) is 0. The molecule has 1 heterocycles. The Hall–Kier alpha value is 0.690. The van der Waals surface area contributed by atoms with Crippen molar-refractivity contribution < 1.29 is 0 Å². The molecule has 1 aliphatic carbocycles. The molecule has 76 valence electrons. The Morgan fingerprint density at radius 2 is 2.00 bits per heavy atom. The molecule has 1 unspecified atom stereocenters. The Balaban J connectivity index is 1.88. The van der Waals surface area contributed by atoms with E-state index >= 15 is 0 Å². The summed E-state index contributed by atoms with van der Waals surface area (Å²) in [5.41, 5.74) is 0. The predicted molar refractivity (Wildman–Crippen MR) is 65.5 cm³/mol. The Bertz CT molecular complexity index is 175. The molecule has 2 heteroatoms. The summed E-state index contributed by atoms with van der Waals surface area (Å²) in [4.78, 5) is 2.57. The van der Waals surface area contributed by atoms with Crippen molar-refractivity contribution in [3.05, 3.63) is 0 Å². The average molecular weight is 293 g/mol. The quantitative estimate of drug-likeness (QED) is 0.558. The van der Waals surface area contributed by atoms with E-state index in [1.54, 1.807) is 0 Å². The van der Waals surface area contributed by atoms with Gasteiger partial charge >= 0.3 is 0 Å². The molecule has 1 nitrogen and oxygen atoms in total. The van der Waals surface area contributed by atoms with E-state index in [-0.39, 0.29) is 0 Å². The molecule has 0 aromatic heterocycles. The lowest BCUT2D eigenvalue weighted by molar-refractivity contribution is 0.277. The van der Waals surface area contributed by atoms with Crippen molar-refractivity contribution in [2.45, 2.75) is 54.4 Å². The van der Waals surface area contributed by atoms with Crippen LogP contribution in [-0.4, -0.2) is 28.0 Å². The molecular weight excluding hydrogens is 273 g/mol. The molecule has 1 saturated carbocycles. The van der Waals surface area contributed by atoms with Crippen LogP contribution in [0, 0.1) is 0 Å². The van der Waals surface area contributed by atoms with Gasteiger partial charge in [0.25, 0.3) is 0 Å². The highest BCUT2D eigenvalue weighted by atomic mass is 127. The number of rotatable bonds is 2. The SMILES string of the molecule is CN1CCCC1CC1(I)CCCC1.